The standard InChI is InChI=1S/C14H20N2O2S/c17-13(18)14(15-10-11-4-3-9-19-11)6-8-16-7-2-1-5-12(14)16/h3-4,9,12,15H,1-2,5-8,10H2,(H,17,18). The molecule has 0 aromatic carbocycles. The molecule has 3 heterocycles. The number of nitrogens with zero attached hydrogens (tertiary/aromatic N) is 1. The molecule has 0 bridgehead atoms. The van der Waals surface area contributed by atoms with Crippen molar-refractivity contribution in [3.8, 4) is 0 Å². The summed E-state index contributed by atoms with van der Waals surface area (Å²) in [5, 5.41) is 15.1. The van der Waals surface area contributed by atoms with E-state index in [0.717, 1.165) is 32.4 Å². The molecule has 0 spiro atoms. The topological polar surface area (TPSA) is 52.6 Å². The van der Waals surface area contributed by atoms with Crippen LogP contribution in [0.25, 0.3) is 0 Å². The smallest absolute Gasteiger partial charge is 0.325 e. The highest BCUT2D eigenvalue weighted by atomic mass is 32.1. The zero-order valence-electron chi connectivity index (χ0n) is 11.0. The minimum Gasteiger partial charge on any atom is -0.480 e. The number of fused-ring (bicyclic) bond motifs is 1. The van der Waals surface area contributed by atoms with E-state index in [-0.39, 0.29) is 6.04 Å². The van der Waals surface area contributed by atoms with Gasteiger partial charge in [-0.05, 0) is 37.3 Å². The van der Waals surface area contributed by atoms with Crippen LogP contribution in [0, 0.1) is 0 Å². The predicted molar refractivity (Wildman–Crippen MR) is 75.4 cm³/mol. The minimum absolute atomic E-state index is 0.165. The van der Waals surface area contributed by atoms with Gasteiger partial charge in [0.15, 0.2) is 0 Å². The largest absolute Gasteiger partial charge is 0.480 e. The Balaban J connectivity index is 1.77. The van der Waals surface area contributed by atoms with E-state index in [2.05, 4.69) is 16.3 Å². The molecule has 3 rings (SSSR count). The van der Waals surface area contributed by atoms with Gasteiger partial charge in [0.05, 0.1) is 0 Å². The average Bonchev–Trinajstić information content (AvgIpc) is 3.05. The van der Waals surface area contributed by atoms with Gasteiger partial charge < -0.3 is 5.11 Å². The highest BCUT2D eigenvalue weighted by molar-refractivity contribution is 7.09. The summed E-state index contributed by atoms with van der Waals surface area (Å²) < 4.78 is 0. The fraction of sp³-hybridized carbons (Fsp3) is 0.643. The van der Waals surface area contributed by atoms with Crippen LogP contribution in [-0.4, -0.2) is 40.6 Å². The summed E-state index contributed by atoms with van der Waals surface area (Å²) >= 11 is 1.68. The number of carbonyl (C=O) groups is 1. The van der Waals surface area contributed by atoms with Crippen LogP contribution in [0.1, 0.15) is 30.6 Å². The lowest BCUT2D eigenvalue weighted by atomic mass is 9.85. The van der Waals surface area contributed by atoms with Crippen molar-refractivity contribution in [1.82, 2.24) is 10.2 Å². The molecule has 2 atom stereocenters. The Labute approximate surface area is 117 Å². The average molecular weight is 280 g/mol. The predicted octanol–water partition coefficient (Wildman–Crippen LogP) is 1.92. The van der Waals surface area contributed by atoms with E-state index in [0.29, 0.717) is 6.54 Å². The van der Waals surface area contributed by atoms with Crippen LogP contribution in [0.15, 0.2) is 17.5 Å². The van der Waals surface area contributed by atoms with Gasteiger partial charge in [0.2, 0.25) is 0 Å². The number of piperidine rings is 1. The molecule has 2 aliphatic rings. The molecule has 1 aromatic rings. The van der Waals surface area contributed by atoms with Gasteiger partial charge in [-0.15, -0.1) is 11.3 Å². The molecule has 0 radical (unpaired) electrons. The summed E-state index contributed by atoms with van der Waals surface area (Å²) in [6.45, 7) is 2.63. The maximum absolute atomic E-state index is 11.9. The number of carboxylic acids is 1. The SMILES string of the molecule is O=C(O)C1(NCc2cccs2)CCN2CCCCC21. The van der Waals surface area contributed by atoms with Crippen LogP contribution in [0.4, 0.5) is 0 Å². The van der Waals surface area contributed by atoms with Gasteiger partial charge >= 0.3 is 5.97 Å². The number of nitrogens with one attached hydrogen (secondary N) is 1. The first kappa shape index (κ1) is 13.1. The third-order valence-corrected chi connectivity index (χ3v) is 5.39. The number of hydrogen-bond donors (Lipinski definition) is 2. The summed E-state index contributed by atoms with van der Waals surface area (Å²) in [6.07, 6.45) is 4.08. The van der Waals surface area contributed by atoms with E-state index < -0.39 is 11.5 Å². The molecular formula is C14H20N2O2S. The van der Waals surface area contributed by atoms with Crippen LogP contribution in [0.5, 0.6) is 0 Å². The second-order valence-electron chi connectivity index (χ2n) is 5.51. The molecule has 2 N–H and O–H groups in total. The third-order valence-electron chi connectivity index (χ3n) is 4.52. The number of carboxylic acid groups (broad SMARTS) is 1. The monoisotopic (exact) mass is 280 g/mol. The Morgan fingerprint density at radius 1 is 1.53 bits per heavy atom. The van der Waals surface area contributed by atoms with Crippen LogP contribution in [-0.2, 0) is 11.3 Å². The van der Waals surface area contributed by atoms with Gasteiger partial charge in [0.25, 0.3) is 0 Å². The first-order valence-electron chi connectivity index (χ1n) is 6.97. The van der Waals surface area contributed by atoms with Crippen molar-refractivity contribution in [3.63, 3.8) is 0 Å². The van der Waals surface area contributed by atoms with Crippen molar-refractivity contribution in [1.29, 1.82) is 0 Å². The normalized spacial score (nSPS) is 31.3. The fourth-order valence-electron chi connectivity index (χ4n) is 3.49. The summed E-state index contributed by atoms with van der Waals surface area (Å²) in [4.78, 5) is 15.4. The Hall–Kier alpha value is -0.910. The van der Waals surface area contributed by atoms with E-state index in [1.165, 1.54) is 11.3 Å². The highest BCUT2D eigenvalue weighted by Crippen LogP contribution is 2.35. The molecule has 0 amide bonds. The molecule has 2 saturated heterocycles. The molecule has 2 fully saturated rings. The lowest BCUT2D eigenvalue weighted by molar-refractivity contribution is -0.146. The highest BCUT2D eigenvalue weighted by Gasteiger charge is 2.53. The van der Waals surface area contributed by atoms with E-state index in [1.807, 2.05) is 11.4 Å². The molecule has 104 valence electrons. The zero-order valence-corrected chi connectivity index (χ0v) is 11.8. The lowest BCUT2D eigenvalue weighted by Crippen LogP contribution is -2.60. The Kier molecular flexibility index (Phi) is 3.60. The first-order chi connectivity index (χ1) is 9.22. The van der Waals surface area contributed by atoms with Crippen LogP contribution < -0.4 is 5.32 Å². The van der Waals surface area contributed by atoms with E-state index in [9.17, 15) is 9.90 Å². The van der Waals surface area contributed by atoms with Gasteiger partial charge in [-0.1, -0.05) is 12.5 Å². The molecule has 0 aliphatic carbocycles. The van der Waals surface area contributed by atoms with Crippen LogP contribution in [0.2, 0.25) is 0 Å². The Morgan fingerprint density at radius 2 is 2.42 bits per heavy atom. The second-order valence-corrected chi connectivity index (χ2v) is 6.54. The summed E-state index contributed by atoms with van der Waals surface area (Å²) in [7, 11) is 0. The fourth-order valence-corrected chi connectivity index (χ4v) is 4.14. The number of thiophene rings is 1. The van der Waals surface area contributed by atoms with Gasteiger partial charge in [0.1, 0.15) is 5.54 Å². The molecule has 0 saturated carbocycles. The number of rotatable bonds is 4. The molecule has 2 aliphatic heterocycles. The van der Waals surface area contributed by atoms with E-state index in [1.54, 1.807) is 11.3 Å². The quantitative estimate of drug-likeness (QED) is 0.885. The molecule has 5 heteroatoms. The van der Waals surface area contributed by atoms with E-state index >= 15 is 0 Å². The first-order valence-corrected chi connectivity index (χ1v) is 7.85. The van der Waals surface area contributed by atoms with E-state index in [4.69, 9.17) is 0 Å². The van der Waals surface area contributed by atoms with Gasteiger partial charge in [0, 0.05) is 24.0 Å². The summed E-state index contributed by atoms with van der Waals surface area (Å²) in [6, 6.07) is 4.23. The van der Waals surface area contributed by atoms with Crippen molar-refractivity contribution < 1.29 is 9.90 Å². The molecule has 4 nitrogen and oxygen atoms in total. The van der Waals surface area contributed by atoms with Crippen molar-refractivity contribution in [2.45, 2.75) is 43.8 Å². The minimum atomic E-state index is -0.746. The zero-order chi connectivity index (χ0) is 13.3. The third kappa shape index (κ3) is 2.30. The van der Waals surface area contributed by atoms with Crippen molar-refractivity contribution >= 4 is 17.3 Å². The molecule has 2 unspecified atom stereocenters. The van der Waals surface area contributed by atoms with Gasteiger partial charge in [-0.3, -0.25) is 15.0 Å². The molecular weight excluding hydrogens is 260 g/mol. The number of aliphatic carboxylic acids is 1. The summed E-state index contributed by atoms with van der Waals surface area (Å²) in [5.74, 6) is -0.682. The lowest BCUT2D eigenvalue weighted by Gasteiger charge is -2.38. The second kappa shape index (κ2) is 5.23. The molecule has 19 heavy (non-hydrogen) atoms. The summed E-state index contributed by atoms with van der Waals surface area (Å²) in [5.41, 5.74) is -0.746. The maximum Gasteiger partial charge on any atom is 0.325 e. The Bertz CT molecular complexity index is 448. The van der Waals surface area contributed by atoms with Crippen molar-refractivity contribution in [2.24, 2.45) is 0 Å². The number of hydrogen-bond acceptors (Lipinski definition) is 4. The van der Waals surface area contributed by atoms with Gasteiger partial charge in [-0.25, -0.2) is 0 Å². The Morgan fingerprint density at radius 3 is 3.16 bits per heavy atom. The van der Waals surface area contributed by atoms with Crippen LogP contribution >= 0.6 is 11.3 Å². The van der Waals surface area contributed by atoms with Crippen molar-refractivity contribution in [2.75, 3.05) is 13.1 Å². The molecule has 1 aromatic heterocycles. The van der Waals surface area contributed by atoms with Crippen molar-refractivity contribution in [3.05, 3.63) is 22.4 Å². The van der Waals surface area contributed by atoms with Gasteiger partial charge in [-0.2, -0.15) is 0 Å². The van der Waals surface area contributed by atoms with Crippen LogP contribution in [0.3, 0.4) is 0 Å². The maximum atomic E-state index is 11.9.